The fraction of sp³-hybridized carbons (Fsp3) is 0.0833. The zero-order valence-corrected chi connectivity index (χ0v) is 10.6. The number of halogens is 6. The van der Waals surface area contributed by atoms with E-state index in [1.807, 2.05) is 0 Å². The molecule has 0 atom stereocenters. The Balaban J connectivity index is 2.63. The molecule has 1 aromatic carbocycles. The number of aromatic nitrogens is 1. The normalized spacial score (nSPS) is 11.7. The van der Waals surface area contributed by atoms with Crippen LogP contribution in [0.2, 0.25) is 10.2 Å². The largest absolute Gasteiger partial charge is 0.416 e. The van der Waals surface area contributed by atoms with Crippen LogP contribution in [-0.4, -0.2) is 4.98 Å². The topological polar surface area (TPSA) is 12.9 Å². The van der Waals surface area contributed by atoms with Crippen LogP contribution in [0.5, 0.6) is 0 Å². The van der Waals surface area contributed by atoms with Gasteiger partial charge in [-0.25, -0.2) is 9.37 Å². The third kappa shape index (κ3) is 3.16. The van der Waals surface area contributed by atoms with Crippen molar-refractivity contribution < 1.29 is 17.6 Å². The molecule has 0 bridgehead atoms. The van der Waals surface area contributed by atoms with E-state index in [1.54, 1.807) is 0 Å². The van der Waals surface area contributed by atoms with E-state index < -0.39 is 17.6 Å². The first-order valence-corrected chi connectivity index (χ1v) is 5.73. The number of hydrogen-bond acceptors (Lipinski definition) is 1. The Morgan fingerprint density at radius 2 is 1.68 bits per heavy atom. The van der Waals surface area contributed by atoms with E-state index in [1.165, 1.54) is 6.07 Å². The average Bonchev–Trinajstić information content (AvgIpc) is 2.30. The van der Waals surface area contributed by atoms with E-state index in [0.29, 0.717) is 6.07 Å². The van der Waals surface area contributed by atoms with Crippen LogP contribution in [0.3, 0.4) is 0 Å². The summed E-state index contributed by atoms with van der Waals surface area (Å²) < 4.78 is 51.1. The van der Waals surface area contributed by atoms with E-state index >= 15 is 0 Å². The van der Waals surface area contributed by atoms with Crippen molar-refractivity contribution in [1.29, 1.82) is 0 Å². The van der Waals surface area contributed by atoms with Gasteiger partial charge in [0.1, 0.15) is 11.0 Å². The Bertz CT molecular complexity index is 626. The van der Waals surface area contributed by atoms with Crippen molar-refractivity contribution in [1.82, 2.24) is 4.98 Å². The number of benzene rings is 1. The van der Waals surface area contributed by atoms with E-state index in [4.69, 9.17) is 23.2 Å². The Morgan fingerprint density at radius 1 is 1.00 bits per heavy atom. The van der Waals surface area contributed by atoms with Crippen LogP contribution in [0.15, 0.2) is 30.3 Å². The van der Waals surface area contributed by atoms with Gasteiger partial charge in [0.25, 0.3) is 0 Å². The quantitative estimate of drug-likeness (QED) is 0.520. The average molecular weight is 310 g/mol. The van der Waals surface area contributed by atoms with E-state index in [-0.39, 0.29) is 21.4 Å². The van der Waals surface area contributed by atoms with E-state index in [2.05, 4.69) is 4.98 Å². The summed E-state index contributed by atoms with van der Waals surface area (Å²) in [7, 11) is 0. The summed E-state index contributed by atoms with van der Waals surface area (Å²) >= 11 is 11.4. The van der Waals surface area contributed by atoms with Crippen LogP contribution in [0.4, 0.5) is 17.6 Å². The minimum atomic E-state index is -4.57. The van der Waals surface area contributed by atoms with Gasteiger partial charge in [0.2, 0.25) is 0 Å². The summed E-state index contributed by atoms with van der Waals surface area (Å²) in [5.74, 6) is -0.630. The first-order chi connectivity index (χ1) is 8.77. The Morgan fingerprint density at radius 3 is 2.32 bits per heavy atom. The maximum absolute atomic E-state index is 13.1. The molecule has 0 saturated carbocycles. The highest BCUT2D eigenvalue weighted by Gasteiger charge is 2.31. The monoisotopic (exact) mass is 309 g/mol. The van der Waals surface area contributed by atoms with Crippen LogP contribution < -0.4 is 0 Å². The predicted molar refractivity (Wildman–Crippen MR) is 64.7 cm³/mol. The number of alkyl halides is 3. The molecule has 0 fully saturated rings. The minimum absolute atomic E-state index is 0.0506. The molecule has 1 aromatic heterocycles. The third-order valence-electron chi connectivity index (χ3n) is 2.33. The van der Waals surface area contributed by atoms with E-state index in [9.17, 15) is 17.6 Å². The molecule has 0 amide bonds. The second kappa shape index (κ2) is 4.98. The molecule has 0 radical (unpaired) electrons. The maximum Gasteiger partial charge on any atom is 0.416 e. The van der Waals surface area contributed by atoms with Gasteiger partial charge in [-0.1, -0.05) is 23.2 Å². The molecule has 0 unspecified atom stereocenters. The van der Waals surface area contributed by atoms with Crippen LogP contribution in [0.25, 0.3) is 11.3 Å². The van der Waals surface area contributed by atoms with Gasteiger partial charge in [-0.15, -0.1) is 0 Å². The molecule has 2 rings (SSSR count). The summed E-state index contributed by atoms with van der Waals surface area (Å²) in [6.45, 7) is 0. The molecule has 1 heterocycles. The fourth-order valence-corrected chi connectivity index (χ4v) is 1.92. The van der Waals surface area contributed by atoms with Crippen molar-refractivity contribution in [3.05, 3.63) is 51.9 Å². The Kier molecular flexibility index (Phi) is 3.69. The lowest BCUT2D eigenvalue weighted by atomic mass is 10.1. The lowest BCUT2D eigenvalue weighted by molar-refractivity contribution is -0.137. The zero-order chi connectivity index (χ0) is 14.2. The van der Waals surface area contributed by atoms with E-state index in [0.717, 1.165) is 18.2 Å². The van der Waals surface area contributed by atoms with Crippen LogP contribution >= 0.6 is 23.2 Å². The molecule has 0 aliphatic rings. The van der Waals surface area contributed by atoms with Gasteiger partial charge in [-0.3, -0.25) is 0 Å². The molecule has 0 aliphatic heterocycles. The maximum atomic E-state index is 13.1. The van der Waals surface area contributed by atoms with Crippen LogP contribution in [0.1, 0.15) is 5.56 Å². The zero-order valence-electron chi connectivity index (χ0n) is 9.10. The second-order valence-corrected chi connectivity index (χ2v) is 4.48. The Labute approximate surface area is 115 Å². The highest BCUT2D eigenvalue weighted by atomic mass is 35.5. The van der Waals surface area contributed by atoms with Gasteiger partial charge in [0.05, 0.1) is 16.3 Å². The molecule has 0 spiro atoms. The first kappa shape index (κ1) is 14.1. The van der Waals surface area contributed by atoms with Crippen LogP contribution in [-0.2, 0) is 6.18 Å². The summed E-state index contributed by atoms with van der Waals surface area (Å²) in [6.07, 6.45) is -4.57. The molecule has 2 aromatic rings. The van der Waals surface area contributed by atoms with Gasteiger partial charge in [0.15, 0.2) is 0 Å². The summed E-state index contributed by atoms with van der Waals surface area (Å²) in [5, 5.41) is -0.255. The summed E-state index contributed by atoms with van der Waals surface area (Å²) in [6, 6.07) is 4.80. The van der Waals surface area contributed by atoms with Gasteiger partial charge >= 0.3 is 6.18 Å². The Hall–Kier alpha value is -1.33. The molecular weight excluding hydrogens is 305 g/mol. The highest BCUT2D eigenvalue weighted by Crippen LogP contribution is 2.35. The van der Waals surface area contributed by atoms with Crippen molar-refractivity contribution >= 4 is 23.2 Å². The van der Waals surface area contributed by atoms with Crippen molar-refractivity contribution in [2.24, 2.45) is 0 Å². The molecule has 100 valence electrons. The summed E-state index contributed by atoms with van der Waals surface area (Å²) in [5.41, 5.74) is -1.05. The smallest absolute Gasteiger partial charge is 0.236 e. The third-order valence-corrected chi connectivity index (χ3v) is 2.85. The van der Waals surface area contributed by atoms with Gasteiger partial charge in [-0.2, -0.15) is 13.2 Å². The van der Waals surface area contributed by atoms with Crippen molar-refractivity contribution in [2.75, 3.05) is 0 Å². The van der Waals surface area contributed by atoms with Gasteiger partial charge in [-0.05, 0) is 30.3 Å². The SMILES string of the molecule is Fc1ccc(Cl)c(-c2cc(C(F)(F)F)cc(Cl)n2)c1. The standard InChI is InChI=1S/C12H5Cl2F4N/c13-9-2-1-7(15)5-8(9)10-3-6(12(16,17)18)4-11(14)19-10/h1-5H. The first-order valence-electron chi connectivity index (χ1n) is 4.97. The van der Waals surface area contributed by atoms with Gasteiger partial charge in [0, 0.05) is 5.56 Å². The van der Waals surface area contributed by atoms with Crippen molar-refractivity contribution in [2.45, 2.75) is 6.18 Å². The van der Waals surface area contributed by atoms with Crippen molar-refractivity contribution in [3.8, 4) is 11.3 Å². The number of rotatable bonds is 1. The lowest BCUT2D eigenvalue weighted by Crippen LogP contribution is -2.06. The van der Waals surface area contributed by atoms with Crippen LogP contribution in [0, 0.1) is 5.82 Å². The van der Waals surface area contributed by atoms with Crippen molar-refractivity contribution in [3.63, 3.8) is 0 Å². The minimum Gasteiger partial charge on any atom is -0.236 e. The highest BCUT2D eigenvalue weighted by molar-refractivity contribution is 6.33. The number of pyridine rings is 1. The molecule has 7 heteroatoms. The summed E-state index contributed by atoms with van der Waals surface area (Å²) in [4.78, 5) is 3.73. The lowest BCUT2D eigenvalue weighted by Gasteiger charge is -2.10. The predicted octanol–water partition coefficient (Wildman–Crippen LogP) is 5.21. The molecule has 0 N–H and O–H groups in total. The van der Waals surface area contributed by atoms with Gasteiger partial charge < -0.3 is 0 Å². The number of hydrogen-bond donors (Lipinski definition) is 0. The molecule has 19 heavy (non-hydrogen) atoms. The fourth-order valence-electron chi connectivity index (χ4n) is 1.49. The molecular formula is C12H5Cl2F4N. The molecule has 1 nitrogen and oxygen atoms in total. The second-order valence-electron chi connectivity index (χ2n) is 3.69. The molecule has 0 aliphatic carbocycles. The number of nitrogens with zero attached hydrogens (tertiary/aromatic N) is 1. The molecule has 0 saturated heterocycles.